The first-order chi connectivity index (χ1) is 14.8. The molecule has 32 heavy (non-hydrogen) atoms. The second-order valence-electron chi connectivity index (χ2n) is 13.0. The summed E-state index contributed by atoms with van der Waals surface area (Å²) < 4.78 is 0.179. The summed E-state index contributed by atoms with van der Waals surface area (Å²) in [6, 6.07) is 0.966. The molecule has 0 spiro atoms. The zero-order valence-corrected chi connectivity index (χ0v) is 23.1. The van der Waals surface area contributed by atoms with Crippen molar-refractivity contribution in [1.82, 2.24) is 4.90 Å². The summed E-state index contributed by atoms with van der Waals surface area (Å²) in [7, 11) is 0. The molecule has 0 aromatic carbocycles. The summed E-state index contributed by atoms with van der Waals surface area (Å²) in [5, 5.41) is 10.9. The Morgan fingerprint density at radius 2 is 1.69 bits per heavy atom. The Balaban J connectivity index is 1.91. The molecular weight excluding hydrogens is 438 g/mol. The highest BCUT2D eigenvalue weighted by Crippen LogP contribution is 2.53. The van der Waals surface area contributed by atoms with Gasteiger partial charge < -0.3 is 5.11 Å². The molecular formula is C27H48ClNO2S. The molecule has 5 heteroatoms. The molecule has 1 aliphatic heterocycles. The van der Waals surface area contributed by atoms with Crippen LogP contribution in [0.4, 0.5) is 0 Å². The monoisotopic (exact) mass is 485 g/mol. The molecule has 0 aromatic heterocycles. The minimum Gasteiger partial charge on any atom is -0.481 e. The Hall–Kier alpha value is 0.0700. The molecule has 186 valence electrons. The van der Waals surface area contributed by atoms with Gasteiger partial charge in [0.15, 0.2) is 0 Å². The fourth-order valence-corrected chi connectivity index (χ4v) is 8.55. The van der Waals surface area contributed by atoms with Gasteiger partial charge in [0.25, 0.3) is 0 Å². The van der Waals surface area contributed by atoms with Gasteiger partial charge >= 0.3 is 5.97 Å². The number of carboxylic acids is 1. The summed E-state index contributed by atoms with van der Waals surface area (Å²) in [6.45, 7) is 16.8. The van der Waals surface area contributed by atoms with Crippen LogP contribution in [0.25, 0.3) is 0 Å². The van der Waals surface area contributed by atoms with Gasteiger partial charge in [0, 0.05) is 34.0 Å². The molecule has 2 saturated carbocycles. The fraction of sp³-hybridized carbons (Fsp3) is 0.963. The van der Waals surface area contributed by atoms with E-state index in [1.165, 1.54) is 32.1 Å². The molecule has 3 rings (SSSR count). The highest BCUT2D eigenvalue weighted by atomic mass is 35.5. The van der Waals surface area contributed by atoms with Gasteiger partial charge in [0.1, 0.15) is 0 Å². The number of aliphatic carboxylic acids is 1. The second-order valence-corrected chi connectivity index (χ2v) is 15.6. The van der Waals surface area contributed by atoms with Gasteiger partial charge in [-0.2, -0.15) is 11.8 Å². The zero-order chi connectivity index (χ0) is 23.8. The summed E-state index contributed by atoms with van der Waals surface area (Å²) in [5.41, 5.74) is -0.696. The van der Waals surface area contributed by atoms with E-state index in [0.717, 1.165) is 37.6 Å². The molecule has 0 amide bonds. The topological polar surface area (TPSA) is 40.5 Å². The quantitative estimate of drug-likeness (QED) is 0.383. The number of halogens is 1. The Bertz CT molecular complexity index is 638. The number of nitrogens with zero attached hydrogens (tertiary/aromatic N) is 1. The number of hydrogen-bond acceptors (Lipinski definition) is 3. The van der Waals surface area contributed by atoms with Crippen molar-refractivity contribution < 1.29 is 9.90 Å². The van der Waals surface area contributed by atoms with Crippen LogP contribution in [-0.2, 0) is 4.79 Å². The number of carbonyl (C=O) groups is 1. The number of rotatable bonds is 7. The highest BCUT2D eigenvalue weighted by Gasteiger charge is 2.54. The van der Waals surface area contributed by atoms with E-state index in [1.807, 2.05) is 13.8 Å². The van der Waals surface area contributed by atoms with Gasteiger partial charge in [0.2, 0.25) is 0 Å². The molecule has 1 N–H and O–H groups in total. The van der Waals surface area contributed by atoms with Gasteiger partial charge in [-0.05, 0) is 88.9 Å². The standard InChI is InChI=1S/C27H48ClNO2S/c1-17(2)19-10-13-22-21(14-19)24(32-26(3,4)5)23(15-27(6,7)25(30)31)29(22)16-18-8-11-20(28)12-9-18/h17-24H,8-16H2,1-7H3,(H,30,31). The maximum absolute atomic E-state index is 12.1. The van der Waals surface area contributed by atoms with Crippen LogP contribution >= 0.6 is 23.4 Å². The van der Waals surface area contributed by atoms with Crippen molar-refractivity contribution in [3.05, 3.63) is 0 Å². The van der Waals surface area contributed by atoms with Gasteiger partial charge in [0.05, 0.1) is 5.41 Å². The van der Waals surface area contributed by atoms with Crippen LogP contribution in [0, 0.1) is 29.1 Å². The summed E-state index contributed by atoms with van der Waals surface area (Å²) in [6.07, 6.45) is 9.39. The van der Waals surface area contributed by atoms with Crippen LogP contribution in [0.5, 0.6) is 0 Å². The van der Waals surface area contributed by atoms with Crippen molar-refractivity contribution in [3.63, 3.8) is 0 Å². The van der Waals surface area contributed by atoms with E-state index in [0.29, 0.717) is 34.5 Å². The number of likely N-dealkylation sites (tertiary alicyclic amines) is 1. The average molecular weight is 486 g/mol. The molecule has 0 aromatic rings. The number of hydrogen-bond donors (Lipinski definition) is 1. The van der Waals surface area contributed by atoms with E-state index in [2.05, 4.69) is 51.3 Å². The van der Waals surface area contributed by atoms with E-state index in [1.54, 1.807) is 0 Å². The van der Waals surface area contributed by atoms with Crippen LogP contribution < -0.4 is 0 Å². The summed E-state index contributed by atoms with van der Waals surface area (Å²) in [5.74, 6) is 2.27. The molecule has 5 unspecified atom stereocenters. The molecule has 3 fully saturated rings. The van der Waals surface area contributed by atoms with E-state index in [4.69, 9.17) is 11.6 Å². The Morgan fingerprint density at radius 3 is 2.22 bits per heavy atom. The van der Waals surface area contributed by atoms with Gasteiger partial charge in [-0.25, -0.2) is 0 Å². The molecule has 0 radical (unpaired) electrons. The lowest BCUT2D eigenvalue weighted by molar-refractivity contribution is -0.148. The third kappa shape index (κ3) is 6.39. The highest BCUT2D eigenvalue weighted by molar-refractivity contribution is 8.01. The second kappa shape index (κ2) is 10.4. The Labute approximate surface area is 206 Å². The van der Waals surface area contributed by atoms with E-state index in [-0.39, 0.29) is 4.75 Å². The van der Waals surface area contributed by atoms with Gasteiger partial charge in [-0.1, -0.05) is 34.6 Å². The minimum atomic E-state index is -0.696. The van der Waals surface area contributed by atoms with E-state index < -0.39 is 11.4 Å². The van der Waals surface area contributed by atoms with Crippen molar-refractivity contribution in [1.29, 1.82) is 0 Å². The van der Waals surface area contributed by atoms with Crippen molar-refractivity contribution in [2.75, 3.05) is 6.54 Å². The van der Waals surface area contributed by atoms with Crippen molar-refractivity contribution in [3.8, 4) is 0 Å². The summed E-state index contributed by atoms with van der Waals surface area (Å²) >= 11 is 8.55. The Morgan fingerprint density at radius 1 is 1.06 bits per heavy atom. The van der Waals surface area contributed by atoms with E-state index in [9.17, 15) is 9.90 Å². The van der Waals surface area contributed by atoms with Crippen molar-refractivity contribution in [2.24, 2.45) is 29.1 Å². The predicted octanol–water partition coefficient (Wildman–Crippen LogP) is 7.31. The molecule has 5 atom stereocenters. The lowest BCUT2D eigenvalue weighted by atomic mass is 9.73. The van der Waals surface area contributed by atoms with Crippen LogP contribution in [-0.4, -0.2) is 50.0 Å². The zero-order valence-electron chi connectivity index (χ0n) is 21.6. The van der Waals surface area contributed by atoms with Crippen LogP contribution in [0.15, 0.2) is 0 Å². The van der Waals surface area contributed by atoms with E-state index >= 15 is 0 Å². The number of carboxylic acid groups (broad SMARTS) is 1. The van der Waals surface area contributed by atoms with Crippen molar-refractivity contribution >= 4 is 29.3 Å². The van der Waals surface area contributed by atoms with Crippen molar-refractivity contribution in [2.45, 2.75) is 127 Å². The predicted molar refractivity (Wildman–Crippen MR) is 139 cm³/mol. The minimum absolute atomic E-state index is 0.179. The van der Waals surface area contributed by atoms with Crippen LogP contribution in [0.1, 0.15) is 99.8 Å². The lowest BCUT2D eigenvalue weighted by Gasteiger charge is -2.41. The normalized spacial score (nSPS) is 37.0. The molecule has 1 saturated heterocycles. The van der Waals surface area contributed by atoms with Gasteiger partial charge in [-0.3, -0.25) is 9.69 Å². The number of alkyl halides is 1. The maximum Gasteiger partial charge on any atom is 0.309 e. The third-order valence-electron chi connectivity index (χ3n) is 8.53. The molecule has 3 nitrogen and oxygen atoms in total. The SMILES string of the molecule is CC(C)C1CCC2C(C1)C(SC(C)(C)C)C(CC(C)(C)C(=O)O)N2CC1CCC(Cl)CC1. The fourth-order valence-electron chi connectivity index (χ4n) is 6.60. The maximum atomic E-state index is 12.1. The first-order valence-electron chi connectivity index (χ1n) is 13.1. The third-order valence-corrected chi connectivity index (χ3v) is 10.6. The summed E-state index contributed by atoms with van der Waals surface area (Å²) in [4.78, 5) is 15.0. The molecule has 1 heterocycles. The first kappa shape index (κ1) is 26.7. The number of fused-ring (bicyclic) bond motifs is 1. The molecule has 0 bridgehead atoms. The average Bonchev–Trinajstić information content (AvgIpc) is 2.94. The molecule has 2 aliphatic carbocycles. The largest absolute Gasteiger partial charge is 0.481 e. The Kier molecular flexibility index (Phi) is 8.64. The number of thioether (sulfide) groups is 1. The van der Waals surface area contributed by atoms with Crippen LogP contribution in [0.3, 0.4) is 0 Å². The van der Waals surface area contributed by atoms with Crippen LogP contribution in [0.2, 0.25) is 0 Å². The molecule has 3 aliphatic rings. The first-order valence-corrected chi connectivity index (χ1v) is 14.4. The smallest absolute Gasteiger partial charge is 0.309 e. The lowest BCUT2D eigenvalue weighted by Crippen LogP contribution is -2.46. The van der Waals surface area contributed by atoms with Gasteiger partial charge in [-0.15, -0.1) is 11.6 Å².